The van der Waals surface area contributed by atoms with Gasteiger partial charge in [0.05, 0.1) is 18.8 Å². The molecule has 30 heavy (non-hydrogen) atoms. The Morgan fingerprint density at radius 2 is 1.97 bits per heavy atom. The highest BCUT2D eigenvalue weighted by molar-refractivity contribution is 7.80. The lowest BCUT2D eigenvalue weighted by Crippen LogP contribution is -2.34. The van der Waals surface area contributed by atoms with Crippen molar-refractivity contribution in [1.29, 1.82) is 0 Å². The number of carbonyl (C=O) groups excluding carboxylic acids is 2. The van der Waals surface area contributed by atoms with Crippen molar-refractivity contribution in [2.45, 2.75) is 27.4 Å². The number of hydrogen-bond donors (Lipinski definition) is 2. The number of anilines is 1. The lowest BCUT2D eigenvalue weighted by Gasteiger charge is -2.09. The van der Waals surface area contributed by atoms with Gasteiger partial charge in [-0.1, -0.05) is 18.2 Å². The molecule has 0 aliphatic carbocycles. The summed E-state index contributed by atoms with van der Waals surface area (Å²) in [6.45, 7) is 6.66. The maximum absolute atomic E-state index is 12.5. The molecule has 0 unspecified atom stereocenters. The molecule has 0 aliphatic rings. The summed E-state index contributed by atoms with van der Waals surface area (Å²) in [5.74, 6) is -0.794. The van der Waals surface area contributed by atoms with Crippen molar-refractivity contribution >= 4 is 56.5 Å². The summed E-state index contributed by atoms with van der Waals surface area (Å²) in [7, 11) is 0. The number of fused-ring (bicyclic) bond motifs is 1. The first-order valence-corrected chi connectivity index (χ1v) is 10.6. The van der Waals surface area contributed by atoms with Crippen LogP contribution < -0.4 is 10.6 Å². The summed E-state index contributed by atoms with van der Waals surface area (Å²) < 4.78 is 16.2. The Balaban J connectivity index is 1.77. The highest BCUT2D eigenvalue weighted by atomic mass is 32.1. The number of rotatable bonds is 7. The van der Waals surface area contributed by atoms with Gasteiger partial charge in [-0.15, -0.1) is 11.3 Å². The van der Waals surface area contributed by atoms with Crippen molar-refractivity contribution in [1.82, 2.24) is 5.32 Å². The number of hydrogen-bond acceptors (Lipinski definition) is 7. The van der Waals surface area contributed by atoms with Crippen LogP contribution in [0.3, 0.4) is 0 Å². The second kappa shape index (κ2) is 9.84. The van der Waals surface area contributed by atoms with Crippen LogP contribution >= 0.6 is 23.6 Å². The van der Waals surface area contributed by atoms with Crippen LogP contribution in [0.25, 0.3) is 11.0 Å². The van der Waals surface area contributed by atoms with Crippen LogP contribution in [0, 0.1) is 6.92 Å². The van der Waals surface area contributed by atoms with Crippen molar-refractivity contribution in [3.8, 4) is 0 Å². The van der Waals surface area contributed by atoms with Crippen molar-refractivity contribution in [3.63, 3.8) is 0 Å². The van der Waals surface area contributed by atoms with Gasteiger partial charge >= 0.3 is 5.97 Å². The molecule has 0 atom stereocenters. The van der Waals surface area contributed by atoms with Gasteiger partial charge in [-0.3, -0.25) is 10.1 Å². The minimum Gasteiger partial charge on any atom is -0.462 e. The van der Waals surface area contributed by atoms with Gasteiger partial charge in [0.2, 0.25) is 0 Å². The standard InChI is InChI=1S/C21H22N2O5S2/c1-4-26-11-16-12(3)17(20(25)27-5-2)19(30-16)23-21(29)22-18(24)15-10-13-8-6-7-9-14(13)28-15/h6-10H,4-5,11H2,1-3H3,(H2,22,23,24,29). The topological polar surface area (TPSA) is 89.8 Å². The summed E-state index contributed by atoms with van der Waals surface area (Å²) in [6.07, 6.45) is 0. The summed E-state index contributed by atoms with van der Waals surface area (Å²) >= 11 is 6.62. The third kappa shape index (κ3) is 4.86. The maximum Gasteiger partial charge on any atom is 0.341 e. The number of furan rings is 1. The molecule has 7 nitrogen and oxygen atoms in total. The van der Waals surface area contributed by atoms with E-state index < -0.39 is 11.9 Å². The van der Waals surface area contributed by atoms with Gasteiger partial charge < -0.3 is 19.2 Å². The largest absolute Gasteiger partial charge is 0.462 e. The van der Waals surface area contributed by atoms with E-state index in [0.717, 1.165) is 15.8 Å². The van der Waals surface area contributed by atoms with E-state index >= 15 is 0 Å². The van der Waals surface area contributed by atoms with Crippen LogP contribution in [-0.4, -0.2) is 30.2 Å². The molecule has 1 aromatic carbocycles. The van der Waals surface area contributed by atoms with Gasteiger partial charge in [-0.05, 0) is 50.7 Å². The molecule has 1 amide bonds. The normalized spacial score (nSPS) is 10.8. The quantitative estimate of drug-likeness (QED) is 0.403. The fourth-order valence-electron chi connectivity index (χ4n) is 2.82. The molecule has 2 heterocycles. The van der Waals surface area contributed by atoms with Gasteiger partial charge in [0, 0.05) is 16.9 Å². The molecular weight excluding hydrogens is 424 g/mol. The van der Waals surface area contributed by atoms with E-state index in [-0.39, 0.29) is 17.5 Å². The van der Waals surface area contributed by atoms with Crippen LogP contribution in [0.1, 0.15) is 45.2 Å². The Kier molecular flexibility index (Phi) is 7.20. The van der Waals surface area contributed by atoms with Gasteiger partial charge in [0.1, 0.15) is 10.6 Å². The van der Waals surface area contributed by atoms with Gasteiger partial charge in [-0.2, -0.15) is 0 Å². The van der Waals surface area contributed by atoms with Crippen molar-refractivity contribution < 1.29 is 23.5 Å². The van der Waals surface area contributed by atoms with Crippen LogP contribution in [0.2, 0.25) is 0 Å². The molecule has 9 heteroatoms. The molecule has 3 aromatic rings. The minimum absolute atomic E-state index is 0.0511. The molecule has 0 aliphatic heterocycles. The summed E-state index contributed by atoms with van der Waals surface area (Å²) in [5, 5.41) is 6.90. The summed E-state index contributed by atoms with van der Waals surface area (Å²) in [4.78, 5) is 25.8. The monoisotopic (exact) mass is 446 g/mol. The van der Waals surface area contributed by atoms with E-state index in [1.165, 1.54) is 11.3 Å². The van der Waals surface area contributed by atoms with Crippen LogP contribution in [0.15, 0.2) is 34.7 Å². The first-order valence-electron chi connectivity index (χ1n) is 9.42. The van der Waals surface area contributed by atoms with E-state index in [4.69, 9.17) is 26.1 Å². The average molecular weight is 447 g/mol. The fourth-order valence-corrected chi connectivity index (χ4v) is 4.22. The van der Waals surface area contributed by atoms with E-state index in [2.05, 4.69) is 10.6 Å². The van der Waals surface area contributed by atoms with Crippen LogP contribution in [0.5, 0.6) is 0 Å². The third-order valence-corrected chi connectivity index (χ3v) is 5.65. The van der Waals surface area contributed by atoms with Crippen LogP contribution in [-0.2, 0) is 16.1 Å². The lowest BCUT2D eigenvalue weighted by atomic mass is 10.1. The molecular formula is C21H22N2O5S2. The predicted molar refractivity (Wildman–Crippen MR) is 120 cm³/mol. The molecule has 0 saturated heterocycles. The average Bonchev–Trinajstić information content (AvgIpc) is 3.27. The van der Waals surface area contributed by atoms with Crippen molar-refractivity contribution in [2.75, 3.05) is 18.5 Å². The van der Waals surface area contributed by atoms with E-state index in [9.17, 15) is 9.59 Å². The van der Waals surface area contributed by atoms with E-state index in [1.807, 2.05) is 32.0 Å². The molecule has 0 saturated carbocycles. The number of esters is 1. The third-order valence-electron chi connectivity index (χ3n) is 4.27. The SMILES string of the molecule is CCOCc1sc(NC(=S)NC(=O)c2cc3ccccc3o2)c(C(=O)OCC)c1C. The number of thiocarbonyl (C=S) groups is 1. The number of benzene rings is 1. The zero-order valence-corrected chi connectivity index (χ0v) is 18.5. The first kappa shape index (κ1) is 21.9. The lowest BCUT2D eigenvalue weighted by molar-refractivity contribution is 0.0527. The number of para-hydroxylation sites is 1. The Bertz CT molecular complexity index is 1050. The Morgan fingerprint density at radius 3 is 2.67 bits per heavy atom. The second-order valence-corrected chi connectivity index (χ2v) is 7.78. The van der Waals surface area contributed by atoms with Gasteiger partial charge in [-0.25, -0.2) is 4.79 Å². The van der Waals surface area contributed by atoms with Crippen LogP contribution in [0.4, 0.5) is 5.00 Å². The fraction of sp³-hybridized carbons (Fsp3) is 0.286. The molecule has 0 spiro atoms. The smallest absolute Gasteiger partial charge is 0.341 e. The molecule has 158 valence electrons. The Labute approximate surface area is 183 Å². The number of nitrogens with one attached hydrogen (secondary N) is 2. The molecule has 0 bridgehead atoms. The molecule has 0 radical (unpaired) electrons. The zero-order valence-electron chi connectivity index (χ0n) is 16.9. The first-order chi connectivity index (χ1) is 14.4. The Hall–Kier alpha value is -2.75. The number of amides is 1. The van der Waals surface area contributed by atoms with Crippen molar-refractivity contribution in [3.05, 3.63) is 52.1 Å². The Morgan fingerprint density at radius 1 is 1.20 bits per heavy atom. The van der Waals surface area contributed by atoms with Gasteiger partial charge in [0.25, 0.3) is 5.91 Å². The molecule has 2 N–H and O–H groups in total. The number of thiophene rings is 1. The van der Waals surface area contributed by atoms with E-state index in [1.54, 1.807) is 19.1 Å². The molecule has 2 aromatic heterocycles. The van der Waals surface area contributed by atoms with Gasteiger partial charge in [0.15, 0.2) is 10.9 Å². The maximum atomic E-state index is 12.5. The number of carbonyl (C=O) groups is 2. The highest BCUT2D eigenvalue weighted by Gasteiger charge is 2.23. The van der Waals surface area contributed by atoms with Crippen molar-refractivity contribution in [2.24, 2.45) is 0 Å². The summed E-state index contributed by atoms with van der Waals surface area (Å²) in [5.41, 5.74) is 1.76. The predicted octanol–water partition coefficient (Wildman–Crippen LogP) is 4.64. The minimum atomic E-state index is -0.482. The summed E-state index contributed by atoms with van der Waals surface area (Å²) in [6, 6.07) is 8.97. The zero-order chi connectivity index (χ0) is 21.7. The molecule has 3 rings (SSSR count). The molecule has 0 fully saturated rings. The number of ether oxygens (including phenoxy) is 2. The van der Waals surface area contributed by atoms with E-state index in [0.29, 0.717) is 29.4 Å². The highest BCUT2D eigenvalue weighted by Crippen LogP contribution is 2.34. The second-order valence-electron chi connectivity index (χ2n) is 6.27.